The van der Waals surface area contributed by atoms with Gasteiger partial charge in [0.1, 0.15) is 11.8 Å². The maximum atomic E-state index is 11.8. The van der Waals surface area contributed by atoms with Crippen molar-refractivity contribution in [1.82, 2.24) is 4.98 Å². The number of rotatable bonds is 3. The molecule has 0 aliphatic rings. The van der Waals surface area contributed by atoms with Gasteiger partial charge in [-0.25, -0.2) is 9.78 Å². The van der Waals surface area contributed by atoms with E-state index in [2.05, 4.69) is 4.98 Å². The first-order chi connectivity index (χ1) is 8.66. The van der Waals surface area contributed by atoms with Gasteiger partial charge in [0.25, 0.3) is 0 Å². The molecule has 0 amide bonds. The molecule has 18 heavy (non-hydrogen) atoms. The van der Waals surface area contributed by atoms with Crippen LogP contribution in [0.25, 0.3) is 0 Å². The summed E-state index contributed by atoms with van der Waals surface area (Å²) in [7, 11) is 0. The molecule has 5 heteroatoms. The van der Waals surface area contributed by atoms with Crippen molar-refractivity contribution in [3.63, 3.8) is 0 Å². The Morgan fingerprint density at radius 2 is 1.94 bits per heavy atom. The van der Waals surface area contributed by atoms with E-state index < -0.39 is 5.97 Å². The predicted octanol–water partition coefficient (Wildman–Crippen LogP) is 3.75. The molecule has 0 saturated carbocycles. The molecular formula is C13H9Cl2NO2. The number of esters is 1. The van der Waals surface area contributed by atoms with Gasteiger partial charge in [0.2, 0.25) is 0 Å². The van der Waals surface area contributed by atoms with Gasteiger partial charge in [-0.2, -0.15) is 0 Å². The lowest BCUT2D eigenvalue weighted by Crippen LogP contribution is -2.05. The molecule has 1 heterocycles. The van der Waals surface area contributed by atoms with Crippen LogP contribution in [0.3, 0.4) is 0 Å². The van der Waals surface area contributed by atoms with Crippen LogP contribution in [0, 0.1) is 0 Å². The van der Waals surface area contributed by atoms with Crippen LogP contribution < -0.4 is 0 Å². The van der Waals surface area contributed by atoms with Crippen molar-refractivity contribution in [3.05, 3.63) is 63.9 Å². The highest BCUT2D eigenvalue weighted by atomic mass is 35.5. The van der Waals surface area contributed by atoms with Crippen molar-refractivity contribution in [2.24, 2.45) is 0 Å². The van der Waals surface area contributed by atoms with E-state index in [-0.39, 0.29) is 6.61 Å². The molecule has 0 aliphatic carbocycles. The summed E-state index contributed by atoms with van der Waals surface area (Å²) in [6, 6.07) is 10.1. The molecule has 2 aromatic rings. The van der Waals surface area contributed by atoms with Crippen LogP contribution in [-0.4, -0.2) is 11.0 Å². The van der Waals surface area contributed by atoms with E-state index >= 15 is 0 Å². The number of carbonyl (C=O) groups excluding carboxylic acids is 1. The number of aromatic nitrogens is 1. The number of halogens is 2. The molecule has 0 spiro atoms. The normalized spacial score (nSPS) is 10.1. The zero-order valence-electron chi connectivity index (χ0n) is 9.27. The third kappa shape index (κ3) is 3.22. The Morgan fingerprint density at radius 3 is 2.61 bits per heavy atom. The molecule has 92 valence electrons. The third-order valence-electron chi connectivity index (χ3n) is 2.25. The summed E-state index contributed by atoms with van der Waals surface area (Å²) < 4.78 is 5.13. The molecule has 0 bridgehead atoms. The summed E-state index contributed by atoms with van der Waals surface area (Å²) in [5, 5.41) is 0.771. The summed E-state index contributed by atoms with van der Waals surface area (Å²) in [6.07, 6.45) is 1.56. The highest BCUT2D eigenvalue weighted by molar-refractivity contribution is 6.33. The van der Waals surface area contributed by atoms with E-state index in [9.17, 15) is 4.79 Å². The largest absolute Gasteiger partial charge is 0.457 e. The Morgan fingerprint density at radius 1 is 1.17 bits per heavy atom. The standard InChI is InChI=1S/C13H9Cl2NO2/c14-11-4-2-1-3-10(11)13(17)18-8-9-5-6-12(15)16-7-9/h1-7H,8H2. The van der Waals surface area contributed by atoms with Gasteiger partial charge in [0, 0.05) is 11.8 Å². The quantitative estimate of drug-likeness (QED) is 0.635. The van der Waals surface area contributed by atoms with E-state index in [1.165, 1.54) is 0 Å². The zero-order chi connectivity index (χ0) is 13.0. The maximum Gasteiger partial charge on any atom is 0.339 e. The van der Waals surface area contributed by atoms with Crippen molar-refractivity contribution >= 4 is 29.2 Å². The number of carbonyl (C=O) groups is 1. The highest BCUT2D eigenvalue weighted by Gasteiger charge is 2.10. The zero-order valence-corrected chi connectivity index (χ0v) is 10.8. The van der Waals surface area contributed by atoms with Gasteiger partial charge in [-0.05, 0) is 18.2 Å². The molecule has 1 aromatic carbocycles. The summed E-state index contributed by atoms with van der Waals surface area (Å²) in [5.74, 6) is -0.462. The summed E-state index contributed by atoms with van der Waals surface area (Å²) in [4.78, 5) is 15.6. The van der Waals surface area contributed by atoms with Gasteiger partial charge in [-0.3, -0.25) is 0 Å². The number of pyridine rings is 1. The topological polar surface area (TPSA) is 39.2 Å². The Bertz CT molecular complexity index is 555. The molecule has 0 unspecified atom stereocenters. The second-order valence-corrected chi connectivity index (χ2v) is 4.34. The summed E-state index contributed by atoms with van der Waals surface area (Å²) in [6.45, 7) is 0.133. The number of ether oxygens (including phenoxy) is 1. The first kappa shape index (κ1) is 12.9. The Balaban J connectivity index is 2.01. The van der Waals surface area contributed by atoms with Crippen molar-refractivity contribution in [1.29, 1.82) is 0 Å². The molecule has 0 N–H and O–H groups in total. The van der Waals surface area contributed by atoms with E-state index in [1.54, 1.807) is 42.6 Å². The molecule has 0 atom stereocenters. The average Bonchev–Trinajstić information content (AvgIpc) is 2.38. The minimum Gasteiger partial charge on any atom is -0.457 e. The predicted molar refractivity (Wildman–Crippen MR) is 69.8 cm³/mol. The second kappa shape index (κ2) is 5.85. The average molecular weight is 282 g/mol. The van der Waals surface area contributed by atoms with Crippen molar-refractivity contribution in [2.45, 2.75) is 6.61 Å². The van der Waals surface area contributed by atoms with Gasteiger partial charge >= 0.3 is 5.97 Å². The number of hydrogen-bond acceptors (Lipinski definition) is 3. The van der Waals surface area contributed by atoms with Crippen molar-refractivity contribution in [3.8, 4) is 0 Å². The van der Waals surface area contributed by atoms with Crippen molar-refractivity contribution < 1.29 is 9.53 Å². The first-order valence-corrected chi connectivity index (χ1v) is 5.94. The lowest BCUT2D eigenvalue weighted by Gasteiger charge is -2.05. The molecular weight excluding hydrogens is 273 g/mol. The van der Waals surface area contributed by atoms with Crippen LogP contribution in [0.15, 0.2) is 42.6 Å². The molecule has 2 rings (SSSR count). The van der Waals surface area contributed by atoms with Crippen LogP contribution in [0.5, 0.6) is 0 Å². The summed E-state index contributed by atoms with van der Waals surface area (Å²) in [5.41, 5.74) is 1.11. The van der Waals surface area contributed by atoms with Gasteiger partial charge in [-0.15, -0.1) is 0 Å². The Kier molecular flexibility index (Phi) is 4.18. The van der Waals surface area contributed by atoms with E-state index in [4.69, 9.17) is 27.9 Å². The van der Waals surface area contributed by atoms with Crippen LogP contribution in [0.2, 0.25) is 10.2 Å². The molecule has 0 saturated heterocycles. The third-order valence-corrected chi connectivity index (χ3v) is 2.81. The minimum absolute atomic E-state index is 0.133. The van der Waals surface area contributed by atoms with Gasteiger partial charge in [-0.1, -0.05) is 41.4 Å². The Labute approximate surface area is 114 Å². The molecule has 3 nitrogen and oxygen atoms in total. The van der Waals surface area contributed by atoms with Gasteiger partial charge in [0.05, 0.1) is 10.6 Å². The maximum absolute atomic E-state index is 11.8. The number of hydrogen-bond donors (Lipinski definition) is 0. The van der Waals surface area contributed by atoms with Crippen LogP contribution in [0.1, 0.15) is 15.9 Å². The van der Waals surface area contributed by atoms with Crippen LogP contribution in [-0.2, 0) is 11.3 Å². The monoisotopic (exact) mass is 281 g/mol. The highest BCUT2D eigenvalue weighted by Crippen LogP contribution is 2.16. The fraction of sp³-hybridized carbons (Fsp3) is 0.0769. The van der Waals surface area contributed by atoms with Gasteiger partial charge < -0.3 is 4.74 Å². The van der Waals surface area contributed by atoms with Crippen molar-refractivity contribution in [2.75, 3.05) is 0 Å². The van der Waals surface area contributed by atoms with E-state index in [1.807, 2.05) is 0 Å². The SMILES string of the molecule is O=C(OCc1ccc(Cl)nc1)c1ccccc1Cl. The lowest BCUT2D eigenvalue weighted by atomic mass is 10.2. The number of nitrogens with zero attached hydrogens (tertiary/aromatic N) is 1. The first-order valence-electron chi connectivity index (χ1n) is 5.19. The Hall–Kier alpha value is -1.58. The summed E-state index contributed by atoms with van der Waals surface area (Å²) >= 11 is 11.5. The lowest BCUT2D eigenvalue weighted by molar-refractivity contribution is 0.0472. The smallest absolute Gasteiger partial charge is 0.339 e. The number of benzene rings is 1. The van der Waals surface area contributed by atoms with E-state index in [0.29, 0.717) is 15.7 Å². The van der Waals surface area contributed by atoms with Crippen LogP contribution >= 0.6 is 23.2 Å². The molecule has 0 aliphatic heterocycles. The molecule has 0 radical (unpaired) electrons. The van der Waals surface area contributed by atoms with Crippen LogP contribution in [0.4, 0.5) is 0 Å². The van der Waals surface area contributed by atoms with Gasteiger partial charge in [0.15, 0.2) is 0 Å². The fourth-order valence-electron chi connectivity index (χ4n) is 1.35. The molecule has 1 aromatic heterocycles. The molecule has 0 fully saturated rings. The second-order valence-electron chi connectivity index (χ2n) is 3.55. The fourth-order valence-corrected chi connectivity index (χ4v) is 1.67. The minimum atomic E-state index is -0.462. The van der Waals surface area contributed by atoms with E-state index in [0.717, 1.165) is 5.56 Å².